The van der Waals surface area contributed by atoms with Gasteiger partial charge in [-0.1, -0.05) is 41.5 Å². The van der Waals surface area contributed by atoms with Gasteiger partial charge in [0.15, 0.2) is 0 Å². The van der Waals surface area contributed by atoms with Crippen molar-refractivity contribution in [3.05, 3.63) is 0 Å². The molecule has 2 aliphatic heterocycles. The Morgan fingerprint density at radius 1 is 0.309 bits per heavy atom. The second-order valence-electron chi connectivity index (χ2n) is 21.3. The Balaban J connectivity index is 2.61. The van der Waals surface area contributed by atoms with E-state index in [2.05, 4.69) is 90.5 Å². The maximum absolute atomic E-state index is 12.4. The first-order chi connectivity index (χ1) is 39.6. The van der Waals surface area contributed by atoms with Gasteiger partial charge in [-0.05, 0) is 46.2 Å². The van der Waals surface area contributed by atoms with Crippen LogP contribution >= 0.6 is 0 Å². The van der Waals surface area contributed by atoms with Crippen molar-refractivity contribution in [2.75, 3.05) is 309 Å². The summed E-state index contributed by atoms with van der Waals surface area (Å²) in [7, 11) is 0. The quantitative estimate of drug-likeness (QED) is 0.0452. The maximum atomic E-state index is 12.4. The minimum atomic E-state index is -0.717. The Morgan fingerprint density at radius 3 is 0.753 bits per heavy atom. The zero-order valence-corrected chi connectivity index (χ0v) is 52.5. The van der Waals surface area contributed by atoms with Gasteiger partial charge >= 0.3 is 0 Å². The molecule has 2 aliphatic rings. The third kappa shape index (κ3) is 38.1. The summed E-state index contributed by atoms with van der Waals surface area (Å²) in [5, 5.41) is 53.0. The molecule has 0 aromatic carbocycles. The number of likely N-dealkylation sites (N-methyl/N-ethyl adjacent to an activating group) is 6. The highest BCUT2D eigenvalue weighted by Gasteiger charge is 2.29. The van der Waals surface area contributed by atoms with E-state index in [-0.39, 0.29) is 51.7 Å². The second kappa shape index (κ2) is 52.2. The highest BCUT2D eigenvalue weighted by Crippen LogP contribution is 2.13. The van der Waals surface area contributed by atoms with Crippen LogP contribution < -0.4 is 0 Å². The Kier molecular flexibility index (Phi) is 49.1. The number of β-amino-alcohol motifs (C(OH)–C–C–N with tert-alkyl or cyclic N) is 2. The van der Waals surface area contributed by atoms with Gasteiger partial charge in [0.1, 0.15) is 0 Å². The fourth-order valence-electron chi connectivity index (χ4n) is 10.3. The Hall–Kier alpha value is -0.920. The number of ether oxygens (including phenoxy) is 8. The number of aliphatic hydroxyl groups excluding tert-OH is 5. The smallest absolute Gasteiger partial charge is 0.0793 e. The van der Waals surface area contributed by atoms with Gasteiger partial charge in [0.2, 0.25) is 0 Å². The average molecular weight is 1170 g/mol. The van der Waals surface area contributed by atoms with Crippen LogP contribution in [0.3, 0.4) is 0 Å². The van der Waals surface area contributed by atoms with E-state index < -0.39 is 12.2 Å². The molecule has 0 saturated carbocycles. The first-order valence-electron chi connectivity index (χ1n) is 31.7. The van der Waals surface area contributed by atoms with Crippen molar-refractivity contribution in [3.63, 3.8) is 0 Å². The van der Waals surface area contributed by atoms with E-state index in [1.807, 2.05) is 6.92 Å². The van der Waals surface area contributed by atoms with Crippen molar-refractivity contribution >= 4 is 0 Å². The predicted octanol–water partition coefficient (Wildman–Crippen LogP) is -1.26. The summed E-state index contributed by atoms with van der Waals surface area (Å²) in [4.78, 5) is 24.7. The molecular weight excluding hydrogens is 1040 g/mol. The highest BCUT2D eigenvalue weighted by atomic mass is 16.5. The first kappa shape index (κ1) is 76.2. The molecule has 5 N–H and O–H groups in total. The average Bonchev–Trinajstić information content (AvgIpc) is 3.46. The van der Waals surface area contributed by atoms with E-state index in [1.165, 1.54) is 0 Å². The number of hydrogen-bond acceptors (Lipinski definition) is 23. The fourth-order valence-corrected chi connectivity index (χ4v) is 10.3. The Labute approximate surface area is 492 Å². The van der Waals surface area contributed by atoms with Crippen LogP contribution in [0.15, 0.2) is 0 Å². The summed E-state index contributed by atoms with van der Waals surface area (Å²) < 4.78 is 47.7. The summed E-state index contributed by atoms with van der Waals surface area (Å²) in [6.45, 7) is 44.5. The van der Waals surface area contributed by atoms with Gasteiger partial charge in [-0.15, -0.1) is 0 Å². The summed E-state index contributed by atoms with van der Waals surface area (Å²) in [5.74, 6) is 0. The summed E-state index contributed by atoms with van der Waals surface area (Å²) in [6, 6.07) is -0.561. The van der Waals surface area contributed by atoms with Crippen molar-refractivity contribution in [3.8, 4) is 0 Å². The largest absolute Gasteiger partial charge is 0.394 e. The molecule has 0 aromatic heterocycles. The molecule has 81 heavy (non-hydrogen) atoms. The van der Waals surface area contributed by atoms with Crippen molar-refractivity contribution in [2.24, 2.45) is 0 Å². The van der Waals surface area contributed by atoms with Gasteiger partial charge in [-0.2, -0.15) is 0 Å². The zero-order valence-electron chi connectivity index (χ0n) is 52.5. The number of rotatable bonds is 46. The number of nitrogens with zero attached hydrogens (tertiary/aromatic N) is 10. The molecule has 23 heteroatoms. The minimum absolute atomic E-state index is 0.0638. The fraction of sp³-hybridized carbons (Fsp3) is 1.00. The maximum Gasteiger partial charge on any atom is 0.0793 e. The van der Waals surface area contributed by atoms with Crippen LogP contribution in [-0.2, 0) is 37.9 Å². The van der Waals surface area contributed by atoms with Gasteiger partial charge in [0, 0.05) is 151 Å². The van der Waals surface area contributed by atoms with Crippen LogP contribution in [0.5, 0.6) is 0 Å². The van der Waals surface area contributed by atoms with Crippen LogP contribution in [0.1, 0.15) is 48.5 Å². The van der Waals surface area contributed by atoms with Crippen molar-refractivity contribution in [1.82, 2.24) is 49.0 Å². The standard InChI is InChI=1S/C58H124N10O13/c1-8-59-15-19-61(10-3)23-27-65(28-24-62(11-4)20-16-59)47-57(72)49-67(55(51-78-43-39-74-14-7)52-79-44-40-75-36-33-69)31-32-68(56(53-80-45-41-76-37-34-70)54-81-46-42-77-38-35-71)50-58(73)48-66-29-25-63(12-5)21-17-60(9-2)18-22-64(13-6)26-30-66/h55-58,69-73H,8-54H2,1-7H3. The Morgan fingerprint density at radius 2 is 0.531 bits per heavy atom. The van der Waals surface area contributed by atoms with Crippen molar-refractivity contribution in [2.45, 2.75) is 72.8 Å². The Bertz CT molecular complexity index is 1320. The molecule has 3 unspecified atom stereocenters. The molecule has 0 spiro atoms. The third-order valence-corrected chi connectivity index (χ3v) is 15.7. The molecule has 3 atom stereocenters. The van der Waals surface area contributed by atoms with E-state index in [9.17, 15) is 25.5 Å². The first-order valence-corrected chi connectivity index (χ1v) is 31.7. The second-order valence-corrected chi connectivity index (χ2v) is 21.3. The van der Waals surface area contributed by atoms with Crippen LogP contribution in [-0.4, -0.2) is 408 Å². The molecule has 0 bridgehead atoms. The van der Waals surface area contributed by atoms with Crippen LogP contribution in [0.2, 0.25) is 0 Å². The normalized spacial score (nSPS) is 19.3. The lowest BCUT2D eigenvalue weighted by molar-refractivity contribution is -0.0533. The topological polar surface area (TPSA) is 207 Å². The van der Waals surface area contributed by atoms with Crippen molar-refractivity contribution in [1.29, 1.82) is 0 Å². The van der Waals surface area contributed by atoms with Crippen LogP contribution in [0, 0.1) is 0 Å². The van der Waals surface area contributed by atoms with Gasteiger partial charge in [-0.3, -0.25) is 19.6 Å². The van der Waals surface area contributed by atoms with Crippen molar-refractivity contribution < 1.29 is 63.4 Å². The van der Waals surface area contributed by atoms with Gasteiger partial charge in [0.05, 0.1) is 143 Å². The number of aliphatic hydroxyl groups is 5. The molecule has 2 heterocycles. The van der Waals surface area contributed by atoms with E-state index in [1.54, 1.807) is 0 Å². The predicted molar refractivity (Wildman–Crippen MR) is 322 cm³/mol. The molecule has 0 amide bonds. The monoisotopic (exact) mass is 1170 g/mol. The van der Waals surface area contributed by atoms with E-state index >= 15 is 0 Å². The molecule has 0 radical (unpaired) electrons. The minimum Gasteiger partial charge on any atom is -0.394 e. The molecule has 0 aliphatic carbocycles. The van der Waals surface area contributed by atoms with E-state index in [0.717, 1.165) is 144 Å². The van der Waals surface area contributed by atoms with E-state index in [4.69, 9.17) is 37.9 Å². The molecule has 23 nitrogen and oxygen atoms in total. The molecule has 2 rings (SSSR count). The SMILES string of the molecule is CCOCCOCC(COCCOCCO)N(CCN(CC(O)CN1CCN(CC)CCN(CC)CCN(CC)CC1)C(COCCOCCO)COCCOCCO)CC(O)CN1CCN(CC)CCN(CC)CCN(CC)CC1. The lowest BCUT2D eigenvalue weighted by atomic mass is 10.1. The van der Waals surface area contributed by atoms with Gasteiger partial charge < -0.3 is 92.8 Å². The van der Waals surface area contributed by atoms with Gasteiger partial charge in [0.25, 0.3) is 0 Å². The lowest BCUT2D eigenvalue weighted by Gasteiger charge is -2.39. The summed E-state index contributed by atoms with van der Waals surface area (Å²) >= 11 is 0. The van der Waals surface area contributed by atoms with Crippen LogP contribution in [0.25, 0.3) is 0 Å². The third-order valence-electron chi connectivity index (χ3n) is 15.7. The van der Waals surface area contributed by atoms with Crippen LogP contribution in [0.4, 0.5) is 0 Å². The highest BCUT2D eigenvalue weighted by molar-refractivity contribution is 4.84. The molecule has 2 saturated heterocycles. The van der Waals surface area contributed by atoms with Gasteiger partial charge in [-0.25, -0.2) is 0 Å². The lowest BCUT2D eigenvalue weighted by Crippen LogP contribution is -2.54. The molecule has 0 aromatic rings. The summed E-state index contributed by atoms with van der Waals surface area (Å²) in [5.41, 5.74) is 0. The number of hydrogen-bond donors (Lipinski definition) is 5. The molecule has 484 valence electrons. The summed E-state index contributed by atoms with van der Waals surface area (Å²) in [6.07, 6.45) is -1.42. The van der Waals surface area contributed by atoms with E-state index in [0.29, 0.717) is 125 Å². The molecular formula is C58H124N10O13. The zero-order chi connectivity index (χ0) is 59.0. The molecule has 2 fully saturated rings.